The van der Waals surface area contributed by atoms with Crippen LogP contribution in [0, 0.1) is 18.7 Å². The summed E-state index contributed by atoms with van der Waals surface area (Å²) in [6.45, 7) is 8.17. The maximum absolute atomic E-state index is 14.1. The molecule has 0 bridgehead atoms. The summed E-state index contributed by atoms with van der Waals surface area (Å²) in [6, 6.07) is 5.38. The summed E-state index contributed by atoms with van der Waals surface area (Å²) >= 11 is 1.48. The van der Waals surface area contributed by atoms with Gasteiger partial charge < -0.3 is 5.32 Å². The summed E-state index contributed by atoms with van der Waals surface area (Å²) in [6.07, 6.45) is 1.91. The average molecular weight is 307 g/mol. The number of halogens is 1. The molecule has 0 spiro atoms. The van der Waals surface area contributed by atoms with Gasteiger partial charge >= 0.3 is 0 Å². The fraction of sp³-hybridized carbons (Fsp3) is 0.500. The Morgan fingerprint density at radius 2 is 2.10 bits per heavy atom. The molecule has 1 heterocycles. The topological polar surface area (TPSA) is 37.8 Å². The zero-order valence-electron chi connectivity index (χ0n) is 12.8. The molecule has 0 saturated carbocycles. The molecule has 0 amide bonds. The lowest BCUT2D eigenvalue weighted by Crippen LogP contribution is -2.21. The van der Waals surface area contributed by atoms with Crippen molar-refractivity contribution < 1.29 is 4.39 Å². The number of hydrogen-bond acceptors (Lipinski definition) is 4. The van der Waals surface area contributed by atoms with Crippen LogP contribution >= 0.6 is 11.3 Å². The van der Waals surface area contributed by atoms with Crippen LogP contribution in [0.5, 0.6) is 0 Å². The van der Waals surface area contributed by atoms with Crippen molar-refractivity contribution in [3.05, 3.63) is 34.6 Å². The molecule has 5 heteroatoms. The highest BCUT2D eigenvalue weighted by Crippen LogP contribution is 2.27. The van der Waals surface area contributed by atoms with Gasteiger partial charge in [-0.1, -0.05) is 37.3 Å². The minimum atomic E-state index is -0.196. The predicted molar refractivity (Wildman–Crippen MR) is 86.1 cm³/mol. The van der Waals surface area contributed by atoms with E-state index in [2.05, 4.69) is 29.4 Å². The number of hydrogen-bond donors (Lipinski definition) is 1. The van der Waals surface area contributed by atoms with Gasteiger partial charge in [-0.05, 0) is 44.0 Å². The van der Waals surface area contributed by atoms with Crippen LogP contribution in [0.1, 0.15) is 30.8 Å². The highest BCUT2D eigenvalue weighted by molar-refractivity contribution is 7.14. The first kappa shape index (κ1) is 16.0. The third-order valence-electron chi connectivity index (χ3n) is 3.19. The fourth-order valence-corrected chi connectivity index (χ4v) is 2.93. The normalized spacial score (nSPS) is 11.3. The third kappa shape index (κ3) is 4.58. The number of nitrogens with zero attached hydrogens (tertiary/aromatic N) is 2. The minimum Gasteiger partial charge on any atom is -0.316 e. The van der Waals surface area contributed by atoms with E-state index in [4.69, 9.17) is 0 Å². The summed E-state index contributed by atoms with van der Waals surface area (Å²) < 4.78 is 14.1. The molecular formula is C16H22FN3S. The summed E-state index contributed by atoms with van der Waals surface area (Å²) in [7, 11) is 0. The molecule has 0 atom stereocenters. The Morgan fingerprint density at radius 1 is 1.29 bits per heavy atom. The summed E-state index contributed by atoms with van der Waals surface area (Å²) in [5.74, 6) is 0.473. The zero-order valence-corrected chi connectivity index (χ0v) is 13.6. The Morgan fingerprint density at radius 3 is 2.86 bits per heavy atom. The summed E-state index contributed by atoms with van der Waals surface area (Å²) in [4.78, 5) is 0. The first-order chi connectivity index (χ1) is 10.1. The number of benzene rings is 1. The first-order valence-electron chi connectivity index (χ1n) is 7.36. The quantitative estimate of drug-likeness (QED) is 0.790. The molecule has 0 aliphatic carbocycles. The predicted octanol–water partition coefficient (Wildman–Crippen LogP) is 3.83. The molecule has 1 N–H and O–H groups in total. The second-order valence-corrected chi connectivity index (χ2v) is 6.70. The van der Waals surface area contributed by atoms with Gasteiger partial charge in [0.1, 0.15) is 10.8 Å². The van der Waals surface area contributed by atoms with E-state index in [0.717, 1.165) is 30.9 Å². The van der Waals surface area contributed by atoms with Gasteiger partial charge in [-0.15, -0.1) is 10.2 Å². The van der Waals surface area contributed by atoms with Crippen molar-refractivity contribution in [3.63, 3.8) is 0 Å². The molecule has 0 radical (unpaired) electrons. The molecule has 1 aromatic carbocycles. The van der Waals surface area contributed by atoms with E-state index in [1.54, 1.807) is 19.1 Å². The molecule has 0 saturated heterocycles. The second kappa shape index (κ2) is 7.61. The Bertz CT molecular complexity index is 581. The molecule has 21 heavy (non-hydrogen) atoms. The van der Waals surface area contributed by atoms with Gasteiger partial charge in [-0.2, -0.15) is 0 Å². The molecule has 0 fully saturated rings. The number of aromatic nitrogens is 2. The lowest BCUT2D eigenvalue weighted by atomic mass is 10.1. The number of aryl methyl sites for hydroxylation is 2. The van der Waals surface area contributed by atoms with Crippen molar-refractivity contribution in [2.75, 3.05) is 13.1 Å². The molecule has 2 rings (SSSR count). The molecule has 2 aromatic rings. The van der Waals surface area contributed by atoms with Crippen LogP contribution in [0.25, 0.3) is 10.6 Å². The standard InChI is InChI=1S/C16H22FN3S/c1-11(2)10-18-9-5-8-14-19-20-16(21-14)13-7-4-6-12(3)15(13)17/h4,6-7,11,18H,5,8-10H2,1-3H3. The Labute approximate surface area is 129 Å². The zero-order chi connectivity index (χ0) is 15.2. The Kier molecular flexibility index (Phi) is 5.82. The van der Waals surface area contributed by atoms with Crippen LogP contribution in [-0.4, -0.2) is 23.3 Å². The van der Waals surface area contributed by atoms with E-state index in [-0.39, 0.29) is 5.82 Å². The maximum atomic E-state index is 14.1. The highest BCUT2D eigenvalue weighted by Gasteiger charge is 2.12. The summed E-state index contributed by atoms with van der Waals surface area (Å²) in [5, 5.41) is 13.3. The number of nitrogens with one attached hydrogen (secondary N) is 1. The fourth-order valence-electron chi connectivity index (χ4n) is 2.03. The Hall–Kier alpha value is -1.33. The molecule has 0 unspecified atom stereocenters. The Balaban J connectivity index is 1.91. The minimum absolute atomic E-state index is 0.196. The van der Waals surface area contributed by atoms with Gasteiger partial charge in [0.15, 0.2) is 5.01 Å². The van der Waals surface area contributed by atoms with Crippen molar-refractivity contribution in [1.82, 2.24) is 15.5 Å². The molecule has 0 aliphatic heterocycles. The number of rotatable bonds is 7. The molecule has 3 nitrogen and oxygen atoms in total. The van der Waals surface area contributed by atoms with Crippen molar-refractivity contribution in [2.45, 2.75) is 33.6 Å². The average Bonchev–Trinajstić information content (AvgIpc) is 2.90. The van der Waals surface area contributed by atoms with E-state index >= 15 is 0 Å². The molecule has 0 aliphatic rings. The van der Waals surface area contributed by atoms with Gasteiger partial charge in [0.25, 0.3) is 0 Å². The summed E-state index contributed by atoms with van der Waals surface area (Å²) in [5.41, 5.74) is 1.19. The maximum Gasteiger partial charge on any atom is 0.150 e. The van der Waals surface area contributed by atoms with Gasteiger partial charge in [0.2, 0.25) is 0 Å². The molecular weight excluding hydrogens is 285 g/mol. The van der Waals surface area contributed by atoms with Crippen molar-refractivity contribution in [2.24, 2.45) is 5.92 Å². The lowest BCUT2D eigenvalue weighted by Gasteiger charge is -2.05. The van der Waals surface area contributed by atoms with Crippen molar-refractivity contribution in [1.29, 1.82) is 0 Å². The van der Waals surface area contributed by atoms with E-state index in [1.807, 2.05) is 6.07 Å². The monoisotopic (exact) mass is 307 g/mol. The van der Waals surface area contributed by atoms with Gasteiger partial charge in [0, 0.05) is 12.0 Å². The lowest BCUT2D eigenvalue weighted by molar-refractivity contribution is 0.542. The van der Waals surface area contributed by atoms with Gasteiger partial charge in [-0.3, -0.25) is 0 Å². The van der Waals surface area contributed by atoms with Crippen LogP contribution in [0.3, 0.4) is 0 Å². The van der Waals surface area contributed by atoms with E-state index in [0.29, 0.717) is 22.1 Å². The van der Waals surface area contributed by atoms with Crippen LogP contribution in [0.2, 0.25) is 0 Å². The van der Waals surface area contributed by atoms with Crippen molar-refractivity contribution in [3.8, 4) is 10.6 Å². The van der Waals surface area contributed by atoms with Crippen LogP contribution in [0.15, 0.2) is 18.2 Å². The van der Waals surface area contributed by atoms with E-state index in [1.165, 1.54) is 11.3 Å². The van der Waals surface area contributed by atoms with Gasteiger partial charge in [0.05, 0.1) is 0 Å². The highest BCUT2D eigenvalue weighted by atomic mass is 32.1. The first-order valence-corrected chi connectivity index (χ1v) is 8.18. The molecule has 114 valence electrons. The van der Waals surface area contributed by atoms with Crippen LogP contribution in [-0.2, 0) is 6.42 Å². The van der Waals surface area contributed by atoms with E-state index < -0.39 is 0 Å². The van der Waals surface area contributed by atoms with Crippen LogP contribution < -0.4 is 5.32 Å². The third-order valence-corrected chi connectivity index (χ3v) is 4.20. The van der Waals surface area contributed by atoms with Gasteiger partial charge in [-0.25, -0.2) is 4.39 Å². The van der Waals surface area contributed by atoms with Crippen LogP contribution in [0.4, 0.5) is 4.39 Å². The molecule has 1 aromatic heterocycles. The SMILES string of the molecule is Cc1cccc(-c2nnc(CCCNCC(C)C)s2)c1F. The largest absolute Gasteiger partial charge is 0.316 e. The van der Waals surface area contributed by atoms with Crippen molar-refractivity contribution >= 4 is 11.3 Å². The second-order valence-electron chi connectivity index (χ2n) is 5.64. The smallest absolute Gasteiger partial charge is 0.150 e. The van der Waals surface area contributed by atoms with E-state index in [9.17, 15) is 4.39 Å².